The number of carbonyl (C=O) groups is 2. The number of carbonyl (C=O) groups excluding carboxylic acids is 1. The minimum Gasteiger partial charge on any atom is -0.480 e. The Morgan fingerprint density at radius 2 is 2.06 bits per heavy atom. The first-order chi connectivity index (χ1) is 7.00. The van der Waals surface area contributed by atoms with Crippen LogP contribution in [0.2, 0.25) is 0 Å². The molecule has 1 rings (SSSR count). The van der Waals surface area contributed by atoms with Gasteiger partial charge in [-0.1, -0.05) is 18.2 Å². The number of ketones is 1. The molecule has 1 unspecified atom stereocenters. The summed E-state index contributed by atoms with van der Waals surface area (Å²) in [5.41, 5.74) is 6.73. The lowest BCUT2D eigenvalue weighted by atomic mass is 10.0. The summed E-state index contributed by atoms with van der Waals surface area (Å²) in [7, 11) is 0. The van der Waals surface area contributed by atoms with Gasteiger partial charge in [0.25, 0.3) is 0 Å². The monoisotopic (exact) mass is 243 g/mol. The third-order valence-corrected chi connectivity index (χ3v) is 2.11. The lowest BCUT2D eigenvalue weighted by Crippen LogP contribution is -2.32. The van der Waals surface area contributed by atoms with Crippen molar-refractivity contribution in [2.45, 2.75) is 19.4 Å². The Morgan fingerprint density at radius 3 is 2.56 bits per heavy atom. The molecule has 1 aromatic carbocycles. The fraction of sp³-hybridized carbons (Fsp3) is 0.273. The summed E-state index contributed by atoms with van der Waals surface area (Å²) in [6.45, 7) is 1.47. The van der Waals surface area contributed by atoms with Crippen LogP contribution in [0.4, 0.5) is 0 Å². The second-order valence-electron chi connectivity index (χ2n) is 3.41. The number of benzene rings is 1. The predicted octanol–water partition coefficient (Wildman–Crippen LogP) is 1.27. The van der Waals surface area contributed by atoms with Gasteiger partial charge in [-0.25, -0.2) is 0 Å². The zero-order valence-corrected chi connectivity index (χ0v) is 9.66. The number of hydrogen-bond acceptors (Lipinski definition) is 3. The molecule has 0 amide bonds. The summed E-state index contributed by atoms with van der Waals surface area (Å²) in [6.07, 6.45) is 0.233. The van der Waals surface area contributed by atoms with E-state index in [9.17, 15) is 9.59 Å². The molecule has 0 aromatic heterocycles. The molecule has 0 saturated heterocycles. The smallest absolute Gasteiger partial charge is 0.320 e. The van der Waals surface area contributed by atoms with Crippen molar-refractivity contribution in [2.24, 2.45) is 5.73 Å². The van der Waals surface area contributed by atoms with Gasteiger partial charge >= 0.3 is 5.97 Å². The van der Waals surface area contributed by atoms with E-state index in [1.54, 1.807) is 24.3 Å². The molecule has 4 nitrogen and oxygen atoms in total. The normalized spacial score (nSPS) is 11.4. The molecule has 88 valence electrons. The van der Waals surface area contributed by atoms with Crippen molar-refractivity contribution in [2.75, 3.05) is 0 Å². The van der Waals surface area contributed by atoms with Gasteiger partial charge in [0.1, 0.15) is 6.04 Å². The zero-order valence-electron chi connectivity index (χ0n) is 8.84. The average molecular weight is 244 g/mol. The molecule has 0 radical (unpaired) electrons. The first-order valence-electron chi connectivity index (χ1n) is 4.59. The molecule has 1 aromatic rings. The van der Waals surface area contributed by atoms with Crippen molar-refractivity contribution in [1.82, 2.24) is 0 Å². The molecule has 0 saturated carbocycles. The highest BCUT2D eigenvalue weighted by Gasteiger charge is 2.12. The first kappa shape index (κ1) is 14.6. The number of carboxylic acid groups (broad SMARTS) is 1. The van der Waals surface area contributed by atoms with Crippen LogP contribution in [0.3, 0.4) is 0 Å². The van der Waals surface area contributed by atoms with Gasteiger partial charge in [0, 0.05) is 5.56 Å². The Labute approximate surface area is 99.9 Å². The summed E-state index contributed by atoms with van der Waals surface area (Å²) >= 11 is 0. The Hall–Kier alpha value is -1.39. The summed E-state index contributed by atoms with van der Waals surface area (Å²) < 4.78 is 0. The van der Waals surface area contributed by atoms with E-state index >= 15 is 0 Å². The summed E-state index contributed by atoms with van der Waals surface area (Å²) in [4.78, 5) is 21.6. The van der Waals surface area contributed by atoms with Crippen molar-refractivity contribution in [1.29, 1.82) is 0 Å². The molecule has 0 aliphatic rings. The van der Waals surface area contributed by atoms with Crippen LogP contribution in [0.15, 0.2) is 24.3 Å². The maximum atomic E-state index is 11.1. The van der Waals surface area contributed by atoms with E-state index in [1.807, 2.05) is 0 Å². The molecular formula is C11H14ClNO3. The fourth-order valence-electron chi connectivity index (χ4n) is 1.26. The molecule has 5 heteroatoms. The van der Waals surface area contributed by atoms with E-state index in [0.717, 1.165) is 5.56 Å². The Balaban J connectivity index is 0.00000225. The zero-order chi connectivity index (χ0) is 11.4. The van der Waals surface area contributed by atoms with Crippen LogP contribution in [-0.2, 0) is 11.2 Å². The van der Waals surface area contributed by atoms with E-state index in [0.29, 0.717) is 5.56 Å². The number of rotatable bonds is 4. The molecule has 0 heterocycles. The van der Waals surface area contributed by atoms with Crippen LogP contribution in [-0.4, -0.2) is 22.9 Å². The van der Waals surface area contributed by atoms with Crippen molar-refractivity contribution >= 4 is 24.2 Å². The number of hydrogen-bond donors (Lipinski definition) is 2. The molecule has 0 spiro atoms. The molecule has 16 heavy (non-hydrogen) atoms. The van der Waals surface area contributed by atoms with Gasteiger partial charge in [-0.15, -0.1) is 12.4 Å². The lowest BCUT2D eigenvalue weighted by Gasteiger charge is -2.06. The minimum absolute atomic E-state index is 0. The van der Waals surface area contributed by atoms with Crippen LogP contribution in [0.5, 0.6) is 0 Å². The van der Waals surface area contributed by atoms with Gasteiger partial charge in [-0.2, -0.15) is 0 Å². The third kappa shape index (κ3) is 4.00. The highest BCUT2D eigenvalue weighted by atomic mass is 35.5. The Bertz CT molecular complexity index is 393. The van der Waals surface area contributed by atoms with Crippen molar-refractivity contribution in [3.63, 3.8) is 0 Å². The first-order valence-corrected chi connectivity index (χ1v) is 4.59. The second-order valence-corrected chi connectivity index (χ2v) is 3.41. The number of nitrogens with two attached hydrogens (primary N) is 1. The van der Waals surface area contributed by atoms with Gasteiger partial charge in [0.15, 0.2) is 5.78 Å². The Kier molecular flexibility index (Phi) is 5.71. The molecule has 0 fully saturated rings. The average Bonchev–Trinajstić information content (AvgIpc) is 2.18. The molecule has 0 aliphatic heterocycles. The van der Waals surface area contributed by atoms with E-state index in [2.05, 4.69) is 0 Å². The molecular weight excluding hydrogens is 230 g/mol. The van der Waals surface area contributed by atoms with Crippen LogP contribution >= 0.6 is 12.4 Å². The van der Waals surface area contributed by atoms with Crippen molar-refractivity contribution in [3.05, 3.63) is 35.4 Å². The molecule has 0 bridgehead atoms. The van der Waals surface area contributed by atoms with Crippen LogP contribution in [0.1, 0.15) is 22.8 Å². The number of halogens is 1. The van der Waals surface area contributed by atoms with E-state index in [4.69, 9.17) is 10.8 Å². The number of aliphatic carboxylic acids is 1. The highest BCUT2D eigenvalue weighted by molar-refractivity contribution is 5.94. The molecule has 1 atom stereocenters. The number of Topliss-reactive ketones (excluding diaryl/α,β-unsaturated/α-hetero) is 1. The fourth-order valence-corrected chi connectivity index (χ4v) is 1.26. The maximum Gasteiger partial charge on any atom is 0.320 e. The largest absolute Gasteiger partial charge is 0.480 e. The molecule has 3 N–H and O–H groups in total. The summed E-state index contributed by atoms with van der Waals surface area (Å²) in [5, 5.41) is 8.63. The third-order valence-electron chi connectivity index (χ3n) is 2.11. The highest BCUT2D eigenvalue weighted by Crippen LogP contribution is 2.08. The topological polar surface area (TPSA) is 80.4 Å². The Morgan fingerprint density at radius 1 is 1.44 bits per heavy atom. The van der Waals surface area contributed by atoms with E-state index < -0.39 is 12.0 Å². The van der Waals surface area contributed by atoms with Gasteiger partial charge in [-0.3, -0.25) is 9.59 Å². The quantitative estimate of drug-likeness (QED) is 0.781. The molecule has 0 aliphatic carbocycles. The number of carboxylic acids is 1. The second kappa shape index (κ2) is 6.25. The minimum atomic E-state index is -1.04. The maximum absolute atomic E-state index is 11.1. The van der Waals surface area contributed by atoms with Crippen molar-refractivity contribution in [3.8, 4) is 0 Å². The van der Waals surface area contributed by atoms with Gasteiger partial charge < -0.3 is 10.8 Å². The SMILES string of the molecule is CC(=O)c1cccc(CC(N)C(=O)O)c1.Cl. The lowest BCUT2D eigenvalue weighted by molar-refractivity contribution is -0.138. The summed E-state index contributed by atoms with van der Waals surface area (Å²) in [5.74, 6) is -1.08. The predicted molar refractivity (Wildman–Crippen MR) is 63.0 cm³/mol. The van der Waals surface area contributed by atoms with Crippen molar-refractivity contribution < 1.29 is 14.7 Å². The summed E-state index contributed by atoms with van der Waals surface area (Å²) in [6, 6.07) is 5.92. The van der Waals surface area contributed by atoms with E-state index in [-0.39, 0.29) is 24.6 Å². The van der Waals surface area contributed by atoms with E-state index in [1.165, 1.54) is 6.92 Å². The van der Waals surface area contributed by atoms with Gasteiger partial charge in [-0.05, 0) is 25.0 Å². The standard InChI is InChI=1S/C11H13NO3.ClH/c1-7(13)9-4-2-3-8(5-9)6-10(12)11(14)15;/h2-5,10H,6,12H2,1H3,(H,14,15);1H. The van der Waals surface area contributed by atoms with Gasteiger partial charge in [0.2, 0.25) is 0 Å². The van der Waals surface area contributed by atoms with Crippen LogP contribution < -0.4 is 5.73 Å². The van der Waals surface area contributed by atoms with Crippen LogP contribution in [0, 0.1) is 0 Å². The van der Waals surface area contributed by atoms with Gasteiger partial charge in [0.05, 0.1) is 0 Å². The van der Waals surface area contributed by atoms with Crippen LogP contribution in [0.25, 0.3) is 0 Å².